The molecule has 0 aliphatic heterocycles. The Kier molecular flexibility index (Phi) is 5.52. The van der Waals surface area contributed by atoms with Gasteiger partial charge in [-0.2, -0.15) is 0 Å². The molecule has 0 aliphatic carbocycles. The van der Waals surface area contributed by atoms with E-state index in [9.17, 15) is 20.1 Å². The molecule has 0 aromatic heterocycles. The van der Waals surface area contributed by atoms with Crippen LogP contribution in [0.15, 0.2) is 36.4 Å². The van der Waals surface area contributed by atoms with Crippen LogP contribution in [0.25, 0.3) is 0 Å². The molecule has 0 fully saturated rings. The fourth-order valence-electron chi connectivity index (χ4n) is 2.24. The van der Waals surface area contributed by atoms with Crippen LogP contribution in [-0.2, 0) is 11.2 Å². The highest BCUT2D eigenvalue weighted by atomic mass is 16.5. The molecule has 128 valence electrons. The van der Waals surface area contributed by atoms with Crippen LogP contribution in [0.1, 0.15) is 18.1 Å². The van der Waals surface area contributed by atoms with Crippen molar-refractivity contribution in [3.8, 4) is 23.0 Å². The van der Waals surface area contributed by atoms with Crippen molar-refractivity contribution in [1.29, 1.82) is 0 Å². The van der Waals surface area contributed by atoms with E-state index < -0.39 is 6.10 Å². The van der Waals surface area contributed by atoms with Gasteiger partial charge in [-0.15, -0.1) is 0 Å². The molecule has 0 heterocycles. The van der Waals surface area contributed by atoms with Gasteiger partial charge in [0.2, 0.25) is 0 Å². The maximum Gasteiger partial charge on any atom is 0.260 e. The molecule has 1 amide bonds. The summed E-state index contributed by atoms with van der Waals surface area (Å²) in [5, 5.41) is 30.9. The van der Waals surface area contributed by atoms with E-state index in [0.717, 1.165) is 11.1 Å². The first kappa shape index (κ1) is 17.5. The molecule has 0 bridgehead atoms. The van der Waals surface area contributed by atoms with Crippen molar-refractivity contribution in [3.05, 3.63) is 47.5 Å². The van der Waals surface area contributed by atoms with Gasteiger partial charge in [0.05, 0.1) is 0 Å². The Bertz CT molecular complexity index is 712. The number of nitrogens with one attached hydrogen (secondary N) is 1. The molecule has 0 aliphatic rings. The highest BCUT2D eigenvalue weighted by molar-refractivity contribution is 5.80. The fourth-order valence-corrected chi connectivity index (χ4v) is 2.24. The van der Waals surface area contributed by atoms with Crippen LogP contribution in [0.5, 0.6) is 23.0 Å². The fraction of sp³-hybridized carbons (Fsp3) is 0.278. The molecule has 0 saturated heterocycles. The predicted molar refractivity (Wildman–Crippen MR) is 89.4 cm³/mol. The lowest BCUT2D eigenvalue weighted by Crippen LogP contribution is -2.37. The van der Waals surface area contributed by atoms with Gasteiger partial charge in [-0.05, 0) is 67.8 Å². The van der Waals surface area contributed by atoms with Crippen LogP contribution >= 0.6 is 0 Å². The minimum Gasteiger partial charge on any atom is -0.508 e. The Morgan fingerprint density at radius 1 is 1.12 bits per heavy atom. The topological polar surface area (TPSA) is 99.0 Å². The van der Waals surface area contributed by atoms with Gasteiger partial charge >= 0.3 is 0 Å². The second-order valence-corrected chi connectivity index (χ2v) is 5.56. The van der Waals surface area contributed by atoms with Crippen LogP contribution in [0.4, 0.5) is 0 Å². The summed E-state index contributed by atoms with van der Waals surface area (Å²) < 4.78 is 5.50. The molecule has 24 heavy (non-hydrogen) atoms. The van der Waals surface area contributed by atoms with Crippen LogP contribution in [0.3, 0.4) is 0 Å². The summed E-state index contributed by atoms with van der Waals surface area (Å²) in [4.78, 5) is 12.0. The summed E-state index contributed by atoms with van der Waals surface area (Å²) in [6.45, 7) is 3.85. The van der Waals surface area contributed by atoms with Crippen molar-refractivity contribution in [2.24, 2.45) is 0 Å². The second-order valence-electron chi connectivity index (χ2n) is 5.56. The van der Waals surface area contributed by atoms with Crippen molar-refractivity contribution >= 4 is 5.91 Å². The lowest BCUT2D eigenvalue weighted by molar-refractivity contribution is -0.127. The van der Waals surface area contributed by atoms with Crippen LogP contribution in [0, 0.1) is 6.92 Å². The van der Waals surface area contributed by atoms with Crippen molar-refractivity contribution in [3.63, 3.8) is 0 Å². The molecule has 0 saturated carbocycles. The number of carbonyl (C=O) groups is 1. The molecular formula is C18H21NO5. The van der Waals surface area contributed by atoms with E-state index in [1.54, 1.807) is 19.1 Å². The van der Waals surface area contributed by atoms with E-state index in [2.05, 4.69) is 5.32 Å². The van der Waals surface area contributed by atoms with Gasteiger partial charge in [0, 0.05) is 6.54 Å². The van der Waals surface area contributed by atoms with Gasteiger partial charge in [-0.1, -0.05) is 0 Å². The molecule has 6 nitrogen and oxygen atoms in total. The van der Waals surface area contributed by atoms with Gasteiger partial charge in [-0.25, -0.2) is 0 Å². The molecule has 0 radical (unpaired) electrons. The highest BCUT2D eigenvalue weighted by Gasteiger charge is 2.14. The second kappa shape index (κ2) is 7.59. The summed E-state index contributed by atoms with van der Waals surface area (Å²) in [7, 11) is 0. The molecule has 1 atom stereocenters. The Morgan fingerprint density at radius 3 is 2.42 bits per heavy atom. The number of rotatable bonds is 6. The Balaban J connectivity index is 1.84. The number of amides is 1. The first-order valence-corrected chi connectivity index (χ1v) is 7.61. The van der Waals surface area contributed by atoms with Gasteiger partial charge < -0.3 is 25.4 Å². The number of hydrogen-bond donors (Lipinski definition) is 4. The minimum atomic E-state index is -0.677. The first-order chi connectivity index (χ1) is 11.4. The Morgan fingerprint density at radius 2 is 1.75 bits per heavy atom. The number of phenols is 3. The van der Waals surface area contributed by atoms with Crippen molar-refractivity contribution < 1.29 is 24.9 Å². The van der Waals surface area contributed by atoms with Crippen LogP contribution < -0.4 is 10.1 Å². The number of hydrogen-bond acceptors (Lipinski definition) is 5. The van der Waals surface area contributed by atoms with Crippen molar-refractivity contribution in [1.82, 2.24) is 5.32 Å². The number of phenolic OH excluding ortho intramolecular Hbond substituents is 3. The summed E-state index contributed by atoms with van der Waals surface area (Å²) in [5.41, 5.74) is 1.69. The average Bonchev–Trinajstić information content (AvgIpc) is 2.54. The lowest BCUT2D eigenvalue weighted by Gasteiger charge is -2.15. The zero-order valence-electron chi connectivity index (χ0n) is 13.6. The quantitative estimate of drug-likeness (QED) is 0.609. The molecular weight excluding hydrogens is 310 g/mol. The zero-order chi connectivity index (χ0) is 17.7. The van der Waals surface area contributed by atoms with Crippen molar-refractivity contribution in [2.45, 2.75) is 26.4 Å². The molecule has 2 rings (SSSR count). The first-order valence-electron chi connectivity index (χ1n) is 7.61. The number of aryl methyl sites for hydroxylation is 1. The largest absolute Gasteiger partial charge is 0.508 e. The van der Waals surface area contributed by atoms with Crippen LogP contribution in [0.2, 0.25) is 0 Å². The van der Waals surface area contributed by atoms with Gasteiger partial charge in [0.25, 0.3) is 5.91 Å². The molecule has 1 unspecified atom stereocenters. The average molecular weight is 331 g/mol. The SMILES string of the molecule is Cc1cc(O)c(O)cc1CCNC(=O)C(C)Oc1ccc(O)cc1. The van der Waals surface area contributed by atoms with Crippen molar-refractivity contribution in [2.75, 3.05) is 6.54 Å². The molecule has 0 spiro atoms. The molecule has 4 N–H and O–H groups in total. The van der Waals surface area contributed by atoms with E-state index in [1.807, 2.05) is 6.92 Å². The normalized spacial score (nSPS) is 11.8. The summed E-state index contributed by atoms with van der Waals surface area (Å²) >= 11 is 0. The summed E-state index contributed by atoms with van der Waals surface area (Å²) in [6.07, 6.45) is -0.152. The number of benzene rings is 2. The van der Waals surface area contributed by atoms with E-state index in [-0.39, 0.29) is 23.2 Å². The third-order valence-electron chi connectivity index (χ3n) is 3.65. The molecule has 2 aromatic rings. The summed E-state index contributed by atoms with van der Waals surface area (Å²) in [5.74, 6) is 0.0348. The third kappa shape index (κ3) is 4.55. The number of aromatic hydroxyl groups is 3. The minimum absolute atomic E-state index is 0.131. The molecule has 6 heteroatoms. The smallest absolute Gasteiger partial charge is 0.260 e. The maximum atomic E-state index is 12.0. The van der Waals surface area contributed by atoms with E-state index in [1.165, 1.54) is 24.3 Å². The standard InChI is InChI=1S/C18H21NO5/c1-11-9-16(21)17(22)10-13(11)7-8-19-18(23)12(2)24-15-5-3-14(20)4-6-15/h3-6,9-10,12,20-22H,7-8H2,1-2H3,(H,19,23). The van der Waals surface area contributed by atoms with Gasteiger partial charge in [-0.3, -0.25) is 4.79 Å². The number of carbonyl (C=O) groups excluding carboxylic acids is 1. The zero-order valence-corrected chi connectivity index (χ0v) is 13.6. The highest BCUT2D eigenvalue weighted by Crippen LogP contribution is 2.28. The maximum absolute atomic E-state index is 12.0. The predicted octanol–water partition coefficient (Wildman–Crippen LogP) is 2.24. The van der Waals surface area contributed by atoms with Gasteiger partial charge in [0.15, 0.2) is 17.6 Å². The number of ether oxygens (including phenoxy) is 1. The van der Waals surface area contributed by atoms with Crippen LogP contribution in [-0.4, -0.2) is 33.9 Å². The Hall–Kier alpha value is -2.89. The van der Waals surface area contributed by atoms with E-state index in [4.69, 9.17) is 4.74 Å². The van der Waals surface area contributed by atoms with E-state index >= 15 is 0 Å². The van der Waals surface area contributed by atoms with E-state index in [0.29, 0.717) is 18.7 Å². The lowest BCUT2D eigenvalue weighted by atomic mass is 10.0. The Labute approximate surface area is 140 Å². The summed E-state index contributed by atoms with van der Waals surface area (Å²) in [6, 6.07) is 9.12. The molecule has 2 aromatic carbocycles. The van der Waals surface area contributed by atoms with Gasteiger partial charge in [0.1, 0.15) is 11.5 Å². The third-order valence-corrected chi connectivity index (χ3v) is 3.65. The monoisotopic (exact) mass is 331 g/mol.